The Morgan fingerprint density at radius 1 is 0.774 bits per heavy atom. The van der Waals surface area contributed by atoms with Gasteiger partial charge in [-0.05, 0) is 89.9 Å². The number of aromatic nitrogens is 1. The number of carbonyl (C=O) groups excluding carboxylic acids is 1. The fourth-order valence-electron chi connectivity index (χ4n) is 6.16. The number of aryl methyl sites for hydroxylation is 2. The van der Waals surface area contributed by atoms with Crippen molar-refractivity contribution in [3.05, 3.63) is 159 Å². The number of ether oxygens (including phenoxy) is 3. The number of rotatable bonds is 14. The second-order valence-electron chi connectivity index (χ2n) is 14.0. The van der Waals surface area contributed by atoms with Crippen LogP contribution in [0.3, 0.4) is 0 Å². The molecule has 1 amide bonds. The average molecular weight is 730 g/mol. The first kappa shape index (κ1) is 37.6. The Kier molecular flexibility index (Phi) is 12.8. The minimum atomic E-state index is 0.0352. The van der Waals surface area contributed by atoms with E-state index < -0.39 is 0 Å². The zero-order valence-electron chi connectivity index (χ0n) is 31.1. The summed E-state index contributed by atoms with van der Waals surface area (Å²) in [6.45, 7) is 13.4. The molecule has 8 heteroatoms. The molecule has 0 radical (unpaired) electrons. The molecule has 0 spiro atoms. The van der Waals surface area contributed by atoms with Gasteiger partial charge in [0.25, 0.3) is 0 Å². The van der Waals surface area contributed by atoms with Gasteiger partial charge >= 0.3 is 0 Å². The van der Waals surface area contributed by atoms with Gasteiger partial charge in [0.1, 0.15) is 24.7 Å². The second-order valence-corrected chi connectivity index (χ2v) is 14.4. The Morgan fingerprint density at radius 3 is 2.02 bits per heavy atom. The Morgan fingerprint density at radius 2 is 1.40 bits per heavy atom. The van der Waals surface area contributed by atoms with Crippen LogP contribution >= 0.6 is 11.6 Å². The number of hydrogen-bond acceptors (Lipinski definition) is 6. The predicted octanol–water partition coefficient (Wildman–Crippen LogP) is 9.87. The lowest BCUT2D eigenvalue weighted by atomic mass is 10.0. The van der Waals surface area contributed by atoms with Gasteiger partial charge in [0.2, 0.25) is 11.8 Å². The van der Waals surface area contributed by atoms with Crippen molar-refractivity contribution in [3.8, 4) is 23.1 Å². The molecule has 0 saturated carbocycles. The van der Waals surface area contributed by atoms with Crippen LogP contribution in [0.25, 0.3) is 0 Å². The van der Waals surface area contributed by atoms with Gasteiger partial charge in [-0.3, -0.25) is 9.69 Å². The fraction of sp³-hybridized carbons (Fsp3) is 0.289. The van der Waals surface area contributed by atoms with E-state index in [1.807, 2.05) is 48.2 Å². The van der Waals surface area contributed by atoms with Crippen LogP contribution in [0.5, 0.6) is 23.1 Å². The van der Waals surface area contributed by atoms with E-state index in [1.54, 1.807) is 18.3 Å². The summed E-state index contributed by atoms with van der Waals surface area (Å²) in [5.41, 5.74) is 7.91. The Bertz CT molecular complexity index is 1940. The quantitative estimate of drug-likeness (QED) is 0.106. The van der Waals surface area contributed by atoms with E-state index in [4.69, 9.17) is 25.8 Å². The zero-order valence-corrected chi connectivity index (χ0v) is 31.8. The van der Waals surface area contributed by atoms with Crippen molar-refractivity contribution in [3.63, 3.8) is 0 Å². The summed E-state index contributed by atoms with van der Waals surface area (Å²) in [6.07, 6.45) is 5.81. The van der Waals surface area contributed by atoms with Crippen LogP contribution in [-0.2, 0) is 31.0 Å². The molecule has 0 atom stereocenters. The molecule has 53 heavy (non-hydrogen) atoms. The summed E-state index contributed by atoms with van der Waals surface area (Å²) in [5, 5.41) is 0.493. The number of amides is 1. The van der Waals surface area contributed by atoms with Crippen molar-refractivity contribution in [2.75, 3.05) is 26.2 Å². The molecule has 0 N–H and O–H groups in total. The summed E-state index contributed by atoms with van der Waals surface area (Å²) in [7, 11) is 0. The number of hydrogen-bond donors (Lipinski definition) is 0. The monoisotopic (exact) mass is 729 g/mol. The highest BCUT2D eigenvalue weighted by Crippen LogP contribution is 2.34. The average Bonchev–Trinajstić information content (AvgIpc) is 3.16. The predicted molar refractivity (Wildman–Crippen MR) is 212 cm³/mol. The maximum atomic E-state index is 13.0. The van der Waals surface area contributed by atoms with Crippen molar-refractivity contribution in [1.29, 1.82) is 0 Å². The first-order valence-electron chi connectivity index (χ1n) is 18.3. The van der Waals surface area contributed by atoms with Gasteiger partial charge in [0.15, 0.2) is 5.75 Å². The van der Waals surface area contributed by atoms with Crippen LogP contribution in [0.2, 0.25) is 5.02 Å². The van der Waals surface area contributed by atoms with Crippen molar-refractivity contribution in [2.24, 2.45) is 0 Å². The molecule has 0 aliphatic carbocycles. The van der Waals surface area contributed by atoms with E-state index in [9.17, 15) is 4.79 Å². The van der Waals surface area contributed by atoms with Gasteiger partial charge in [0, 0.05) is 38.8 Å². The molecule has 1 saturated heterocycles. The number of carbonyl (C=O) groups is 1. The summed E-state index contributed by atoms with van der Waals surface area (Å²) in [4.78, 5) is 21.7. The van der Waals surface area contributed by atoms with E-state index >= 15 is 0 Å². The molecule has 5 aromatic rings. The first-order valence-corrected chi connectivity index (χ1v) is 18.7. The normalized spacial score (nSPS) is 13.4. The highest BCUT2D eigenvalue weighted by atomic mass is 35.5. The summed E-state index contributed by atoms with van der Waals surface area (Å²) >= 11 is 6.65. The third kappa shape index (κ3) is 11.0. The van der Waals surface area contributed by atoms with Crippen molar-refractivity contribution in [2.45, 2.75) is 59.8 Å². The third-order valence-electron chi connectivity index (χ3n) is 9.41. The topological polar surface area (TPSA) is 64.1 Å². The molecule has 1 aromatic heterocycles. The van der Waals surface area contributed by atoms with E-state index in [0.29, 0.717) is 61.0 Å². The maximum absolute atomic E-state index is 13.0. The van der Waals surface area contributed by atoms with Crippen molar-refractivity contribution in [1.82, 2.24) is 14.8 Å². The van der Waals surface area contributed by atoms with Crippen molar-refractivity contribution >= 4 is 17.5 Å². The molecule has 0 unspecified atom stereocenters. The highest BCUT2D eigenvalue weighted by molar-refractivity contribution is 6.32. The van der Waals surface area contributed by atoms with Gasteiger partial charge in [-0.2, -0.15) is 0 Å². The minimum absolute atomic E-state index is 0.0352. The highest BCUT2D eigenvalue weighted by Gasteiger charge is 2.20. The maximum Gasteiger partial charge on any atom is 0.246 e. The summed E-state index contributed by atoms with van der Waals surface area (Å²) < 4.78 is 17.9. The Labute approximate surface area is 318 Å². The lowest BCUT2D eigenvalue weighted by Gasteiger charge is -2.34. The van der Waals surface area contributed by atoms with E-state index in [0.717, 1.165) is 47.6 Å². The Balaban J connectivity index is 0.913. The van der Waals surface area contributed by atoms with Gasteiger partial charge in [-0.1, -0.05) is 104 Å². The van der Waals surface area contributed by atoms with E-state index in [2.05, 4.69) is 91.3 Å². The molecule has 1 fully saturated rings. The van der Waals surface area contributed by atoms with Crippen LogP contribution in [0.1, 0.15) is 58.7 Å². The molecule has 274 valence electrons. The molecule has 1 aliphatic rings. The zero-order chi connectivity index (χ0) is 37.2. The summed E-state index contributed by atoms with van der Waals surface area (Å²) in [5.74, 6) is 3.08. The third-order valence-corrected chi connectivity index (χ3v) is 9.69. The van der Waals surface area contributed by atoms with Crippen LogP contribution < -0.4 is 14.2 Å². The van der Waals surface area contributed by atoms with Crippen molar-refractivity contribution < 1.29 is 19.0 Å². The van der Waals surface area contributed by atoms with Gasteiger partial charge < -0.3 is 19.1 Å². The number of benzene rings is 4. The van der Waals surface area contributed by atoms with Gasteiger partial charge in [-0.15, -0.1) is 0 Å². The molecule has 1 aliphatic heterocycles. The largest absolute Gasteiger partial charge is 0.489 e. The second kappa shape index (κ2) is 18.1. The molecule has 0 bridgehead atoms. The number of piperazine rings is 1. The van der Waals surface area contributed by atoms with E-state index in [-0.39, 0.29) is 5.91 Å². The number of allylic oxidation sites excluding steroid dienone is 1. The van der Waals surface area contributed by atoms with Crippen LogP contribution in [0, 0.1) is 13.8 Å². The van der Waals surface area contributed by atoms with Gasteiger partial charge in [-0.25, -0.2) is 4.98 Å². The van der Waals surface area contributed by atoms with Crippen LogP contribution in [0.4, 0.5) is 0 Å². The lowest BCUT2D eigenvalue weighted by Crippen LogP contribution is -2.47. The number of nitrogens with zero attached hydrogens (tertiary/aromatic N) is 3. The number of halogens is 1. The van der Waals surface area contributed by atoms with Gasteiger partial charge in [0.05, 0.1) is 11.2 Å². The smallest absolute Gasteiger partial charge is 0.246 e. The summed E-state index contributed by atoms with van der Waals surface area (Å²) in [6, 6.07) is 32.7. The van der Waals surface area contributed by atoms with Crippen LogP contribution in [-0.4, -0.2) is 46.9 Å². The minimum Gasteiger partial charge on any atom is -0.489 e. The first-order chi connectivity index (χ1) is 25.7. The molecular weight excluding hydrogens is 682 g/mol. The van der Waals surface area contributed by atoms with Crippen LogP contribution in [0.15, 0.2) is 115 Å². The Hall–Kier alpha value is -5.11. The fourth-order valence-corrected chi connectivity index (χ4v) is 6.49. The molecular formula is C45H48ClN3O4. The van der Waals surface area contributed by atoms with E-state index in [1.165, 1.54) is 16.7 Å². The number of pyridine rings is 1. The molecule has 2 heterocycles. The standard InChI is InChI=1S/C45H48ClN3O4/c1-32(2)39-16-18-40(19-17-39)51-30-37-14-12-35(13-15-37)29-48-22-24-49(25-23-48)44(50)7-5-6-38-26-34(4)45(42(46)27-38)53-43-21-20-41(28-47-43)52-31-36-10-8-33(3)9-11-36/h5,7-21,26-28,32H,6,22-25,29-31H2,1-4H3. The molecule has 6 rings (SSSR count). The lowest BCUT2D eigenvalue weighted by molar-refractivity contribution is -0.127. The SMILES string of the molecule is Cc1ccc(COc2ccc(Oc3c(C)cc(CC=CC(=O)N4CCN(Cc5ccc(COc6ccc(C(C)C)cc6)cc5)CC4)cc3Cl)nc2)cc1. The molecule has 7 nitrogen and oxygen atoms in total. The molecule has 4 aromatic carbocycles.